The lowest BCUT2D eigenvalue weighted by Gasteiger charge is -2.08. The van der Waals surface area contributed by atoms with Gasteiger partial charge in [-0.05, 0) is 23.8 Å². The first kappa shape index (κ1) is 17.3. The number of anilines is 1. The Kier molecular flexibility index (Phi) is 4.69. The highest BCUT2D eigenvalue weighted by molar-refractivity contribution is 7.91. The predicted molar refractivity (Wildman–Crippen MR) is 91.9 cm³/mol. The Balaban J connectivity index is 1.79. The van der Waals surface area contributed by atoms with E-state index in [1.807, 2.05) is 0 Å². The van der Waals surface area contributed by atoms with Crippen molar-refractivity contribution in [1.82, 2.24) is 19.7 Å². The van der Waals surface area contributed by atoms with Crippen molar-refractivity contribution in [2.24, 2.45) is 7.05 Å². The Morgan fingerprint density at radius 3 is 2.80 bits per heavy atom. The Morgan fingerprint density at radius 1 is 1.32 bits per heavy atom. The number of hydrogen-bond donors (Lipinski definition) is 1. The minimum absolute atomic E-state index is 0.0680. The Bertz CT molecular complexity index is 1020. The summed E-state index contributed by atoms with van der Waals surface area (Å²) in [6.45, 7) is 0. The van der Waals surface area contributed by atoms with Gasteiger partial charge in [-0.3, -0.25) is 9.40 Å². The van der Waals surface area contributed by atoms with Gasteiger partial charge >= 0.3 is 0 Å². The highest BCUT2D eigenvalue weighted by Crippen LogP contribution is 2.19. The van der Waals surface area contributed by atoms with Gasteiger partial charge in [-0.15, -0.1) is 0 Å². The van der Waals surface area contributed by atoms with E-state index in [1.54, 1.807) is 30.2 Å². The summed E-state index contributed by atoms with van der Waals surface area (Å²) >= 11 is 5.59. The number of aryl methyl sites for hydroxylation is 1. The molecule has 0 aliphatic carbocycles. The maximum absolute atomic E-state index is 13.4. The zero-order valence-corrected chi connectivity index (χ0v) is 14.6. The van der Waals surface area contributed by atoms with Gasteiger partial charge in [-0.25, -0.2) is 22.8 Å². The molecule has 3 aromatic rings. The summed E-state index contributed by atoms with van der Waals surface area (Å²) in [6.07, 6.45) is 4.79. The summed E-state index contributed by atoms with van der Waals surface area (Å²) in [5.74, 6) is -1.18. The normalized spacial score (nSPS) is 11.5. The first-order valence-corrected chi connectivity index (χ1v) is 9.12. The molecule has 0 aliphatic rings. The third-order valence-electron chi connectivity index (χ3n) is 3.24. The number of benzene rings is 1. The number of halogens is 2. The summed E-state index contributed by atoms with van der Waals surface area (Å²) in [5, 5.41) is 3.97. The van der Waals surface area contributed by atoms with Gasteiger partial charge in [0, 0.05) is 25.0 Å². The maximum atomic E-state index is 13.4. The van der Waals surface area contributed by atoms with E-state index in [1.165, 1.54) is 18.3 Å². The Hall–Kier alpha value is -2.52. The van der Waals surface area contributed by atoms with Crippen molar-refractivity contribution in [3.63, 3.8) is 0 Å². The van der Waals surface area contributed by atoms with E-state index < -0.39 is 21.6 Å². The fourth-order valence-corrected chi connectivity index (χ4v) is 3.33. The highest BCUT2D eigenvalue weighted by Gasteiger charge is 2.15. The number of nitrogens with zero attached hydrogens (tertiary/aromatic N) is 4. The molecular formula is C15H13ClFN5O2S. The maximum Gasteiger partial charge on any atom is 0.239 e. The molecule has 10 heteroatoms. The SMILES string of the molecule is Cn1cc(-c2ccnc(NS(=O)(=O)Cc3ccc(Cl)c(F)c3)n2)cn1. The monoisotopic (exact) mass is 381 g/mol. The molecule has 3 rings (SSSR count). The lowest BCUT2D eigenvalue weighted by Crippen LogP contribution is -2.17. The summed E-state index contributed by atoms with van der Waals surface area (Å²) in [5.41, 5.74) is 1.52. The third-order valence-corrected chi connectivity index (χ3v) is 4.76. The van der Waals surface area contributed by atoms with Gasteiger partial charge in [0.2, 0.25) is 16.0 Å². The Labute approximate surface area is 148 Å². The molecule has 0 saturated heterocycles. The van der Waals surface area contributed by atoms with Crippen molar-refractivity contribution in [2.75, 3.05) is 4.72 Å². The van der Waals surface area contributed by atoms with Crippen LogP contribution in [0.15, 0.2) is 42.9 Å². The largest absolute Gasteiger partial charge is 0.275 e. The second kappa shape index (κ2) is 6.77. The molecule has 130 valence electrons. The number of sulfonamides is 1. The topological polar surface area (TPSA) is 89.8 Å². The van der Waals surface area contributed by atoms with Crippen LogP contribution in [0.2, 0.25) is 5.02 Å². The smallest absolute Gasteiger partial charge is 0.239 e. The van der Waals surface area contributed by atoms with Crippen LogP contribution in [-0.2, 0) is 22.8 Å². The molecule has 25 heavy (non-hydrogen) atoms. The van der Waals surface area contributed by atoms with Crippen LogP contribution >= 0.6 is 11.6 Å². The second-order valence-corrected chi connectivity index (χ2v) is 7.41. The summed E-state index contributed by atoms with van der Waals surface area (Å²) in [4.78, 5) is 8.07. The molecule has 2 aromatic heterocycles. The molecular weight excluding hydrogens is 369 g/mol. The first-order valence-electron chi connectivity index (χ1n) is 7.09. The van der Waals surface area contributed by atoms with E-state index in [-0.39, 0.29) is 16.5 Å². The molecule has 0 radical (unpaired) electrons. The van der Waals surface area contributed by atoms with Crippen LogP contribution in [0.5, 0.6) is 0 Å². The van der Waals surface area contributed by atoms with Crippen LogP contribution in [0.4, 0.5) is 10.3 Å². The summed E-state index contributed by atoms with van der Waals surface area (Å²) in [6, 6.07) is 5.47. The second-order valence-electron chi connectivity index (χ2n) is 5.28. The molecule has 0 unspecified atom stereocenters. The summed E-state index contributed by atoms with van der Waals surface area (Å²) < 4.78 is 41.8. The molecule has 0 bridgehead atoms. The van der Waals surface area contributed by atoms with Crippen molar-refractivity contribution in [2.45, 2.75) is 5.75 Å². The molecule has 1 N–H and O–H groups in total. The lowest BCUT2D eigenvalue weighted by atomic mass is 10.2. The molecule has 7 nitrogen and oxygen atoms in total. The van der Waals surface area contributed by atoms with Crippen LogP contribution in [0.3, 0.4) is 0 Å². The molecule has 0 atom stereocenters. The van der Waals surface area contributed by atoms with Crippen molar-refractivity contribution in [3.05, 3.63) is 59.3 Å². The van der Waals surface area contributed by atoms with E-state index in [4.69, 9.17) is 11.6 Å². The zero-order valence-electron chi connectivity index (χ0n) is 13.0. The number of nitrogens with one attached hydrogen (secondary N) is 1. The van der Waals surface area contributed by atoms with Gasteiger partial charge in [-0.2, -0.15) is 5.10 Å². The minimum atomic E-state index is -3.82. The molecule has 0 saturated carbocycles. The molecule has 2 heterocycles. The fourth-order valence-electron chi connectivity index (χ4n) is 2.15. The van der Waals surface area contributed by atoms with E-state index in [2.05, 4.69) is 19.8 Å². The van der Waals surface area contributed by atoms with Gasteiger partial charge in [0.25, 0.3) is 0 Å². The van der Waals surface area contributed by atoms with Gasteiger partial charge in [-0.1, -0.05) is 17.7 Å². The van der Waals surface area contributed by atoms with Crippen LogP contribution in [-0.4, -0.2) is 28.2 Å². The average Bonchev–Trinajstić information content (AvgIpc) is 2.97. The van der Waals surface area contributed by atoms with E-state index in [0.717, 1.165) is 11.6 Å². The highest BCUT2D eigenvalue weighted by atomic mass is 35.5. The van der Waals surface area contributed by atoms with Crippen molar-refractivity contribution in [1.29, 1.82) is 0 Å². The third kappa shape index (κ3) is 4.31. The average molecular weight is 382 g/mol. The van der Waals surface area contributed by atoms with Gasteiger partial charge in [0.1, 0.15) is 5.82 Å². The summed E-state index contributed by atoms with van der Waals surface area (Å²) in [7, 11) is -2.05. The van der Waals surface area contributed by atoms with Crippen LogP contribution in [0.25, 0.3) is 11.3 Å². The number of hydrogen-bond acceptors (Lipinski definition) is 5. The van der Waals surface area contributed by atoms with Gasteiger partial charge in [0.05, 0.1) is 22.7 Å². The molecule has 0 amide bonds. The lowest BCUT2D eigenvalue weighted by molar-refractivity contribution is 0.599. The van der Waals surface area contributed by atoms with E-state index in [9.17, 15) is 12.8 Å². The first-order chi connectivity index (χ1) is 11.8. The Morgan fingerprint density at radius 2 is 2.12 bits per heavy atom. The predicted octanol–water partition coefficient (Wildman–Crippen LogP) is 2.61. The minimum Gasteiger partial charge on any atom is -0.275 e. The van der Waals surface area contributed by atoms with Crippen LogP contribution in [0, 0.1) is 5.82 Å². The quantitative estimate of drug-likeness (QED) is 0.733. The van der Waals surface area contributed by atoms with Crippen LogP contribution < -0.4 is 4.72 Å². The van der Waals surface area contributed by atoms with Crippen molar-refractivity contribution >= 4 is 27.6 Å². The van der Waals surface area contributed by atoms with E-state index in [0.29, 0.717) is 5.69 Å². The van der Waals surface area contributed by atoms with Gasteiger partial charge in [0.15, 0.2) is 0 Å². The van der Waals surface area contributed by atoms with E-state index >= 15 is 0 Å². The standard InChI is InChI=1S/C15H13ClFN5O2S/c1-22-8-11(7-19-22)14-4-5-18-15(20-14)21-25(23,24)9-10-2-3-12(16)13(17)6-10/h2-8H,9H2,1H3,(H,18,20,21). The van der Waals surface area contributed by atoms with Crippen molar-refractivity contribution in [3.8, 4) is 11.3 Å². The molecule has 0 spiro atoms. The fraction of sp³-hybridized carbons (Fsp3) is 0.133. The number of aromatic nitrogens is 4. The van der Waals surface area contributed by atoms with Crippen molar-refractivity contribution < 1.29 is 12.8 Å². The zero-order chi connectivity index (χ0) is 18.0. The number of rotatable bonds is 5. The molecule has 0 fully saturated rings. The van der Waals surface area contributed by atoms with Crippen LogP contribution in [0.1, 0.15) is 5.56 Å². The molecule has 0 aliphatic heterocycles. The van der Waals surface area contributed by atoms with Gasteiger partial charge < -0.3 is 0 Å². The molecule has 1 aromatic carbocycles.